The highest BCUT2D eigenvalue weighted by Crippen LogP contribution is 2.42. The van der Waals surface area contributed by atoms with Gasteiger partial charge in [0.15, 0.2) is 0 Å². The highest BCUT2D eigenvalue weighted by atomic mass is 15.2. The van der Waals surface area contributed by atoms with Crippen LogP contribution in [0, 0.1) is 0 Å². The van der Waals surface area contributed by atoms with Crippen molar-refractivity contribution in [3.63, 3.8) is 0 Å². The molecular formula is C21H20N2. The van der Waals surface area contributed by atoms with Crippen molar-refractivity contribution in [3.8, 4) is 0 Å². The number of nitrogens with one attached hydrogen (secondary N) is 1. The smallest absolute Gasteiger partial charge is 0.0652 e. The zero-order chi connectivity index (χ0) is 15.5. The van der Waals surface area contributed by atoms with E-state index in [0.29, 0.717) is 6.04 Å². The molecule has 0 aliphatic carbocycles. The van der Waals surface area contributed by atoms with E-state index in [-0.39, 0.29) is 0 Å². The highest BCUT2D eigenvalue weighted by Gasteiger charge is 2.26. The van der Waals surface area contributed by atoms with Gasteiger partial charge in [0.1, 0.15) is 0 Å². The van der Waals surface area contributed by atoms with Crippen molar-refractivity contribution in [2.75, 3.05) is 16.8 Å². The molecule has 1 heterocycles. The molecule has 3 aromatic carbocycles. The molecule has 2 nitrogen and oxygen atoms in total. The number of fused-ring (bicyclic) bond motifs is 1. The summed E-state index contributed by atoms with van der Waals surface area (Å²) >= 11 is 0. The van der Waals surface area contributed by atoms with Crippen LogP contribution in [0.3, 0.4) is 0 Å². The van der Waals surface area contributed by atoms with Crippen molar-refractivity contribution in [1.82, 2.24) is 0 Å². The third kappa shape index (κ3) is 2.68. The van der Waals surface area contributed by atoms with E-state index in [0.717, 1.165) is 13.0 Å². The Balaban J connectivity index is 1.88. The van der Waals surface area contributed by atoms with Crippen LogP contribution >= 0.6 is 0 Å². The van der Waals surface area contributed by atoms with Crippen LogP contribution in [0.5, 0.6) is 0 Å². The second-order valence-electron chi connectivity index (χ2n) is 5.86. The first-order valence-corrected chi connectivity index (χ1v) is 8.15. The average Bonchev–Trinajstić information content (AvgIpc) is 2.83. The van der Waals surface area contributed by atoms with Gasteiger partial charge in [-0.05, 0) is 36.2 Å². The van der Waals surface area contributed by atoms with Gasteiger partial charge in [0.2, 0.25) is 0 Å². The van der Waals surface area contributed by atoms with E-state index in [1.807, 2.05) is 0 Å². The molecule has 0 bridgehead atoms. The van der Waals surface area contributed by atoms with Gasteiger partial charge in [0.25, 0.3) is 0 Å². The Labute approximate surface area is 137 Å². The van der Waals surface area contributed by atoms with Gasteiger partial charge in [0.05, 0.1) is 17.4 Å². The number of rotatable bonds is 2. The lowest BCUT2D eigenvalue weighted by Gasteiger charge is -2.33. The molecule has 0 spiro atoms. The normalized spacial score (nSPS) is 17.0. The molecule has 0 saturated carbocycles. The summed E-state index contributed by atoms with van der Waals surface area (Å²) in [4.78, 5) is 2.46. The van der Waals surface area contributed by atoms with Crippen LogP contribution in [0.15, 0.2) is 84.9 Å². The summed E-state index contributed by atoms with van der Waals surface area (Å²) in [6, 6.07) is 30.4. The topological polar surface area (TPSA) is 15.3 Å². The standard InChI is InChI=1S/C21H20N2/c1-3-9-17(10-4-1)20-15-16-22-19-13-7-8-14-21(19)23(20)18-11-5-2-6-12-18/h1-14,20,22H,15-16H2. The summed E-state index contributed by atoms with van der Waals surface area (Å²) in [7, 11) is 0. The number of hydrogen-bond donors (Lipinski definition) is 1. The molecule has 1 aliphatic rings. The van der Waals surface area contributed by atoms with Crippen molar-refractivity contribution >= 4 is 17.1 Å². The third-order valence-electron chi connectivity index (χ3n) is 4.43. The predicted octanol–water partition coefficient (Wildman–Crippen LogP) is 5.38. The number of benzene rings is 3. The van der Waals surface area contributed by atoms with Gasteiger partial charge in [-0.2, -0.15) is 0 Å². The zero-order valence-electron chi connectivity index (χ0n) is 13.0. The molecule has 114 valence electrons. The first kappa shape index (κ1) is 13.9. The monoisotopic (exact) mass is 300 g/mol. The van der Waals surface area contributed by atoms with E-state index in [1.165, 1.54) is 22.6 Å². The number of nitrogens with zero attached hydrogens (tertiary/aromatic N) is 1. The van der Waals surface area contributed by atoms with Crippen molar-refractivity contribution in [2.45, 2.75) is 12.5 Å². The van der Waals surface area contributed by atoms with Gasteiger partial charge >= 0.3 is 0 Å². The molecular weight excluding hydrogens is 280 g/mol. The molecule has 1 unspecified atom stereocenters. The Kier molecular flexibility index (Phi) is 3.73. The quantitative estimate of drug-likeness (QED) is 0.683. The SMILES string of the molecule is c1ccc(C2CCNc3ccccc3N2c2ccccc2)cc1. The number of anilines is 3. The summed E-state index contributed by atoms with van der Waals surface area (Å²) in [6.07, 6.45) is 1.06. The molecule has 0 aromatic heterocycles. The lowest BCUT2D eigenvalue weighted by atomic mass is 10.0. The summed E-state index contributed by atoms with van der Waals surface area (Å²) in [5.74, 6) is 0. The maximum absolute atomic E-state index is 3.58. The average molecular weight is 300 g/mol. The summed E-state index contributed by atoms with van der Waals surface area (Å²) in [5.41, 5.74) is 5.03. The molecule has 0 saturated heterocycles. The summed E-state index contributed by atoms with van der Waals surface area (Å²) in [6.45, 7) is 0.972. The van der Waals surface area contributed by atoms with Crippen molar-refractivity contribution < 1.29 is 0 Å². The largest absolute Gasteiger partial charge is 0.383 e. The van der Waals surface area contributed by atoms with E-state index in [4.69, 9.17) is 0 Å². The Hall–Kier alpha value is -2.74. The van der Waals surface area contributed by atoms with Gasteiger partial charge in [-0.1, -0.05) is 60.7 Å². The van der Waals surface area contributed by atoms with E-state index in [2.05, 4.69) is 95.1 Å². The molecule has 0 amide bonds. The maximum Gasteiger partial charge on any atom is 0.0652 e. The van der Waals surface area contributed by atoms with E-state index in [9.17, 15) is 0 Å². The molecule has 1 aliphatic heterocycles. The van der Waals surface area contributed by atoms with E-state index >= 15 is 0 Å². The van der Waals surface area contributed by atoms with Gasteiger partial charge < -0.3 is 10.2 Å². The number of para-hydroxylation sites is 3. The molecule has 2 heteroatoms. The first-order valence-electron chi connectivity index (χ1n) is 8.15. The molecule has 1 N–H and O–H groups in total. The molecule has 1 atom stereocenters. The molecule has 0 fully saturated rings. The number of hydrogen-bond acceptors (Lipinski definition) is 2. The fourth-order valence-corrected chi connectivity index (χ4v) is 3.37. The highest BCUT2D eigenvalue weighted by molar-refractivity contribution is 5.78. The maximum atomic E-state index is 3.58. The minimum atomic E-state index is 0.328. The van der Waals surface area contributed by atoms with Crippen LogP contribution in [0.4, 0.5) is 17.1 Å². The second-order valence-corrected chi connectivity index (χ2v) is 5.86. The van der Waals surface area contributed by atoms with Crippen molar-refractivity contribution in [2.24, 2.45) is 0 Å². The van der Waals surface area contributed by atoms with Gasteiger partial charge in [0, 0.05) is 12.2 Å². The van der Waals surface area contributed by atoms with Crippen LogP contribution in [0.1, 0.15) is 18.0 Å². The summed E-state index contributed by atoms with van der Waals surface area (Å²) in [5, 5.41) is 3.58. The van der Waals surface area contributed by atoms with Crippen molar-refractivity contribution in [3.05, 3.63) is 90.5 Å². The minimum Gasteiger partial charge on any atom is -0.383 e. The van der Waals surface area contributed by atoms with Crippen LogP contribution < -0.4 is 10.2 Å². The van der Waals surface area contributed by atoms with Crippen LogP contribution in [0.2, 0.25) is 0 Å². The fraction of sp³-hybridized carbons (Fsp3) is 0.143. The Morgan fingerprint density at radius 2 is 1.39 bits per heavy atom. The van der Waals surface area contributed by atoms with Crippen molar-refractivity contribution in [1.29, 1.82) is 0 Å². The van der Waals surface area contributed by atoms with Gasteiger partial charge in [-0.15, -0.1) is 0 Å². The third-order valence-corrected chi connectivity index (χ3v) is 4.43. The molecule has 4 rings (SSSR count). The van der Waals surface area contributed by atoms with Gasteiger partial charge in [-0.25, -0.2) is 0 Å². The van der Waals surface area contributed by atoms with E-state index in [1.54, 1.807) is 0 Å². The fourth-order valence-electron chi connectivity index (χ4n) is 3.37. The second kappa shape index (κ2) is 6.17. The van der Waals surface area contributed by atoms with Gasteiger partial charge in [-0.3, -0.25) is 0 Å². The Morgan fingerprint density at radius 1 is 0.739 bits per heavy atom. The lowest BCUT2D eigenvalue weighted by Crippen LogP contribution is -2.23. The Bertz CT molecular complexity index is 768. The molecule has 3 aromatic rings. The Morgan fingerprint density at radius 3 is 2.17 bits per heavy atom. The zero-order valence-corrected chi connectivity index (χ0v) is 13.0. The van der Waals surface area contributed by atoms with Crippen LogP contribution in [-0.4, -0.2) is 6.54 Å². The van der Waals surface area contributed by atoms with Crippen LogP contribution in [0.25, 0.3) is 0 Å². The van der Waals surface area contributed by atoms with Crippen LogP contribution in [-0.2, 0) is 0 Å². The predicted molar refractivity (Wildman–Crippen MR) is 97.3 cm³/mol. The molecule has 23 heavy (non-hydrogen) atoms. The lowest BCUT2D eigenvalue weighted by molar-refractivity contribution is 0.664. The minimum absolute atomic E-state index is 0.328. The van der Waals surface area contributed by atoms with E-state index < -0.39 is 0 Å². The summed E-state index contributed by atoms with van der Waals surface area (Å²) < 4.78 is 0. The first-order chi connectivity index (χ1) is 11.4. The molecule has 0 radical (unpaired) electrons.